The molecule has 0 fully saturated rings. The van der Waals surface area contributed by atoms with Crippen LogP contribution in [-0.4, -0.2) is 19.6 Å². The highest BCUT2D eigenvalue weighted by Crippen LogP contribution is 2.43. The molecule has 3 aromatic heterocycles. The lowest BCUT2D eigenvalue weighted by Crippen LogP contribution is -1.93. The second kappa shape index (κ2) is 7.05. The van der Waals surface area contributed by atoms with Gasteiger partial charge in [0.1, 0.15) is 0 Å². The molecule has 0 spiro atoms. The van der Waals surface area contributed by atoms with Crippen LogP contribution >= 0.6 is 63.1 Å². The van der Waals surface area contributed by atoms with Crippen LogP contribution in [-0.2, 0) is 0 Å². The summed E-state index contributed by atoms with van der Waals surface area (Å²) in [6.45, 7) is 0. The van der Waals surface area contributed by atoms with Crippen molar-refractivity contribution in [2.45, 2.75) is 24.5 Å². The smallest absolute Gasteiger partial charge is 0.162 e. The molecule has 0 aliphatic carbocycles. The van der Waals surface area contributed by atoms with E-state index in [0.717, 1.165) is 28.0 Å². The molecule has 0 aliphatic heterocycles. The molecule has 0 unspecified atom stereocenters. The van der Waals surface area contributed by atoms with Crippen molar-refractivity contribution in [3.05, 3.63) is 43.0 Å². The van der Waals surface area contributed by atoms with Gasteiger partial charge in [-0.15, -0.1) is 63.1 Å². The Morgan fingerprint density at radius 2 is 1.46 bits per heavy atom. The minimum Gasteiger partial charge on any atom is -0.256 e. The summed E-state index contributed by atoms with van der Waals surface area (Å²) in [4.78, 5) is 12.2. The molecule has 0 aliphatic rings. The third kappa shape index (κ3) is 2.91. The van der Waals surface area contributed by atoms with Gasteiger partial charge in [-0.1, -0.05) is 6.07 Å². The number of hydrogen-bond acceptors (Lipinski definition) is 8. The van der Waals surface area contributed by atoms with E-state index in [0.29, 0.717) is 24.5 Å². The summed E-state index contributed by atoms with van der Waals surface area (Å²) in [5, 5.41) is 4.31. The van der Waals surface area contributed by atoms with Gasteiger partial charge in [0.25, 0.3) is 0 Å². The molecule has 0 amide bonds. The van der Waals surface area contributed by atoms with Crippen LogP contribution in [0.3, 0.4) is 0 Å². The molecular weight excluding hydrogens is 421 g/mol. The topological polar surface area (TPSA) is 43.1 Å². The van der Waals surface area contributed by atoms with E-state index in [2.05, 4.69) is 78.2 Å². The molecule has 0 saturated heterocycles. The lowest BCUT2D eigenvalue weighted by Gasteiger charge is -2.15. The van der Waals surface area contributed by atoms with Gasteiger partial charge in [0.15, 0.2) is 5.65 Å². The average molecular weight is 433 g/mol. The monoisotopic (exact) mass is 432 g/mol. The fourth-order valence-corrected chi connectivity index (χ4v) is 4.36. The molecule has 0 atom stereocenters. The summed E-state index contributed by atoms with van der Waals surface area (Å²) in [7, 11) is 0. The molecule has 4 aromatic rings. The zero-order valence-corrected chi connectivity index (χ0v) is 17.5. The summed E-state index contributed by atoms with van der Waals surface area (Å²) >= 11 is 22.5. The maximum atomic E-state index is 4.59. The zero-order chi connectivity index (χ0) is 18.4. The number of nitrogens with zero attached hydrogens (tertiary/aromatic N) is 4. The van der Waals surface area contributed by atoms with E-state index in [4.69, 9.17) is 0 Å². The first-order valence-electron chi connectivity index (χ1n) is 7.43. The Labute approximate surface area is 177 Å². The van der Waals surface area contributed by atoms with Crippen molar-refractivity contribution >= 4 is 68.8 Å². The predicted molar refractivity (Wildman–Crippen MR) is 118 cm³/mol. The van der Waals surface area contributed by atoms with Crippen LogP contribution in [0.2, 0.25) is 0 Å². The van der Waals surface area contributed by atoms with E-state index in [9.17, 15) is 0 Å². The van der Waals surface area contributed by atoms with E-state index in [-0.39, 0.29) is 0 Å². The normalized spacial score (nSPS) is 11.3. The molecule has 4 rings (SSSR count). The fourth-order valence-electron chi connectivity index (χ4n) is 2.66. The second-order valence-corrected chi connectivity index (χ2v) is 7.73. The van der Waals surface area contributed by atoms with Crippen molar-refractivity contribution in [3.8, 4) is 22.4 Å². The Bertz CT molecular complexity index is 1110. The summed E-state index contributed by atoms with van der Waals surface area (Å²) < 4.78 is 1.73. The average Bonchev–Trinajstić information content (AvgIpc) is 3.10. The molecule has 1 aromatic carbocycles. The molecule has 0 saturated carbocycles. The maximum absolute atomic E-state index is 4.59. The van der Waals surface area contributed by atoms with Gasteiger partial charge in [0.2, 0.25) is 0 Å². The molecule has 0 N–H and O–H groups in total. The summed E-state index contributed by atoms with van der Waals surface area (Å²) in [5.74, 6) is 0. The van der Waals surface area contributed by atoms with Crippen LogP contribution in [0.25, 0.3) is 28.0 Å². The zero-order valence-electron chi connectivity index (χ0n) is 13.1. The van der Waals surface area contributed by atoms with Gasteiger partial charge < -0.3 is 0 Å². The number of benzene rings is 1. The third-order valence-corrected chi connectivity index (χ3v) is 6.92. The number of thiol groups is 5. The SMILES string of the molecule is Sc1c(S)c(S)c(-c2ccc(-c3cnn4cccnc34)cn2)c(S)c1S. The van der Waals surface area contributed by atoms with Crippen molar-refractivity contribution in [2.24, 2.45) is 0 Å². The minimum absolute atomic E-state index is 0.643. The van der Waals surface area contributed by atoms with Gasteiger partial charge in [0.05, 0.1) is 11.9 Å². The molecule has 4 nitrogen and oxygen atoms in total. The molecule has 130 valence electrons. The lowest BCUT2D eigenvalue weighted by atomic mass is 10.1. The Morgan fingerprint density at radius 1 is 0.769 bits per heavy atom. The molecule has 0 radical (unpaired) electrons. The van der Waals surface area contributed by atoms with Crippen molar-refractivity contribution in [2.75, 3.05) is 0 Å². The van der Waals surface area contributed by atoms with Gasteiger partial charge in [0, 0.05) is 59.8 Å². The van der Waals surface area contributed by atoms with E-state index >= 15 is 0 Å². The number of fused-ring (bicyclic) bond motifs is 1. The maximum Gasteiger partial charge on any atom is 0.162 e. The van der Waals surface area contributed by atoms with Crippen LogP contribution in [0.15, 0.2) is 67.5 Å². The number of hydrogen-bond donors (Lipinski definition) is 5. The highest BCUT2D eigenvalue weighted by atomic mass is 32.1. The molecule has 3 heterocycles. The molecular formula is C17H12N4S5. The Kier molecular flexibility index (Phi) is 4.91. The molecule has 26 heavy (non-hydrogen) atoms. The van der Waals surface area contributed by atoms with E-state index < -0.39 is 0 Å². The summed E-state index contributed by atoms with van der Waals surface area (Å²) in [5.41, 5.74) is 4.12. The molecule has 0 bridgehead atoms. The largest absolute Gasteiger partial charge is 0.256 e. The lowest BCUT2D eigenvalue weighted by molar-refractivity contribution is 0.939. The van der Waals surface area contributed by atoms with Crippen molar-refractivity contribution in [3.63, 3.8) is 0 Å². The molecule has 9 heteroatoms. The standard InChI is InChI=1S/C17H12N4S5/c22-12-11(13(23)15(25)16(26)14(12)24)10-3-2-8(6-19-10)9-7-20-21-5-1-4-18-17(9)21/h1-7,22-26H. The Balaban J connectivity index is 1.83. The quantitative estimate of drug-likeness (QED) is 0.293. The van der Waals surface area contributed by atoms with Gasteiger partial charge in [-0.25, -0.2) is 9.50 Å². The predicted octanol–water partition coefficient (Wildman–Crippen LogP) is 4.90. The fraction of sp³-hybridized carbons (Fsp3) is 0. The van der Waals surface area contributed by atoms with Crippen molar-refractivity contribution < 1.29 is 0 Å². The summed E-state index contributed by atoms with van der Waals surface area (Å²) in [6, 6.07) is 5.72. The van der Waals surface area contributed by atoms with Crippen molar-refractivity contribution in [1.29, 1.82) is 0 Å². The first-order valence-corrected chi connectivity index (χ1v) is 9.66. The highest BCUT2D eigenvalue weighted by Gasteiger charge is 2.18. The van der Waals surface area contributed by atoms with Gasteiger partial charge >= 0.3 is 0 Å². The van der Waals surface area contributed by atoms with Crippen LogP contribution in [0, 0.1) is 0 Å². The van der Waals surface area contributed by atoms with E-state index in [1.54, 1.807) is 23.1 Å². The first-order chi connectivity index (χ1) is 12.5. The van der Waals surface area contributed by atoms with Gasteiger partial charge in [-0.3, -0.25) is 4.98 Å². The Hall–Kier alpha value is -1.26. The highest BCUT2D eigenvalue weighted by molar-refractivity contribution is 7.87. The number of rotatable bonds is 2. The number of pyridine rings is 1. The number of aromatic nitrogens is 4. The van der Waals surface area contributed by atoms with E-state index in [1.165, 1.54) is 0 Å². The van der Waals surface area contributed by atoms with Crippen molar-refractivity contribution in [1.82, 2.24) is 19.6 Å². The second-order valence-electron chi connectivity index (χ2n) is 5.50. The third-order valence-electron chi connectivity index (χ3n) is 3.98. The minimum atomic E-state index is 0.643. The van der Waals surface area contributed by atoms with Gasteiger partial charge in [-0.2, -0.15) is 5.10 Å². The van der Waals surface area contributed by atoms with E-state index in [1.807, 2.05) is 24.4 Å². The van der Waals surface area contributed by atoms with Crippen LogP contribution in [0.1, 0.15) is 0 Å². The van der Waals surface area contributed by atoms with Crippen LogP contribution < -0.4 is 0 Å². The van der Waals surface area contributed by atoms with Gasteiger partial charge in [-0.05, 0) is 12.1 Å². The Morgan fingerprint density at radius 3 is 2.12 bits per heavy atom. The summed E-state index contributed by atoms with van der Waals surface area (Å²) in [6.07, 6.45) is 7.16. The van der Waals surface area contributed by atoms with Crippen LogP contribution in [0.5, 0.6) is 0 Å². The van der Waals surface area contributed by atoms with Crippen LogP contribution in [0.4, 0.5) is 0 Å². The first kappa shape index (κ1) is 18.1.